The van der Waals surface area contributed by atoms with E-state index in [4.69, 9.17) is 11.6 Å². The fraction of sp³-hybridized carbons (Fsp3) is 0.400. The third-order valence-electron chi connectivity index (χ3n) is 1.55. The summed E-state index contributed by atoms with van der Waals surface area (Å²) in [6.07, 6.45) is 4.85. The molecule has 0 fully saturated rings. The summed E-state index contributed by atoms with van der Waals surface area (Å²) in [6, 6.07) is 0. The van der Waals surface area contributed by atoms with E-state index in [1.807, 2.05) is 26.0 Å². The van der Waals surface area contributed by atoms with Crippen LogP contribution in [-0.2, 0) is 0 Å². The molecular weight excluding hydrogens is 156 g/mol. The van der Waals surface area contributed by atoms with Gasteiger partial charge in [0.2, 0.25) is 0 Å². The minimum absolute atomic E-state index is 0.815. The van der Waals surface area contributed by atoms with Crippen molar-refractivity contribution in [2.45, 2.75) is 27.2 Å². The lowest BCUT2D eigenvalue weighted by Crippen LogP contribution is -1.80. The van der Waals surface area contributed by atoms with Crippen LogP contribution in [0.1, 0.15) is 27.2 Å². The lowest BCUT2D eigenvalue weighted by atomic mass is 10.1. The molecule has 0 bridgehead atoms. The average Bonchev–Trinajstić information content (AvgIpc) is 1.88. The van der Waals surface area contributed by atoms with Crippen molar-refractivity contribution >= 4 is 11.6 Å². The van der Waals surface area contributed by atoms with Crippen LogP contribution in [0.5, 0.6) is 0 Å². The van der Waals surface area contributed by atoms with Gasteiger partial charge in [-0.15, -0.1) is 0 Å². The van der Waals surface area contributed by atoms with Crippen molar-refractivity contribution in [2.24, 2.45) is 0 Å². The Morgan fingerprint density at radius 3 is 2.27 bits per heavy atom. The molecule has 0 atom stereocenters. The number of allylic oxidation sites excluding steroid dienone is 5. The Morgan fingerprint density at radius 2 is 2.00 bits per heavy atom. The van der Waals surface area contributed by atoms with E-state index in [0.717, 1.165) is 11.5 Å². The minimum atomic E-state index is 0.815. The molecule has 0 nitrogen and oxygen atoms in total. The lowest BCUT2D eigenvalue weighted by Gasteiger charge is -2.00. The Balaban J connectivity index is 4.62. The van der Waals surface area contributed by atoms with E-state index >= 15 is 0 Å². The standard InChI is InChI=1S/C10H15Cl/c1-5-10(6-2)8(3)7-9(4)11/h5,7H,1,6H2,2-4H3/b9-7+,10-8+. The molecule has 0 aliphatic rings. The molecular formula is C10H15Cl. The molecule has 0 saturated heterocycles. The van der Waals surface area contributed by atoms with Crippen molar-refractivity contribution < 1.29 is 0 Å². The highest BCUT2D eigenvalue weighted by atomic mass is 35.5. The molecule has 0 heterocycles. The van der Waals surface area contributed by atoms with Crippen LogP contribution in [-0.4, -0.2) is 0 Å². The predicted molar refractivity (Wildman–Crippen MR) is 52.8 cm³/mol. The Labute approximate surface area is 74.3 Å². The monoisotopic (exact) mass is 170 g/mol. The second kappa shape index (κ2) is 5.20. The summed E-state index contributed by atoms with van der Waals surface area (Å²) >= 11 is 5.72. The summed E-state index contributed by atoms with van der Waals surface area (Å²) in [5.74, 6) is 0. The quantitative estimate of drug-likeness (QED) is 0.561. The van der Waals surface area contributed by atoms with E-state index < -0.39 is 0 Å². The lowest BCUT2D eigenvalue weighted by molar-refractivity contribution is 1.12. The smallest absolute Gasteiger partial charge is 0.0152 e. The van der Waals surface area contributed by atoms with Crippen LogP contribution in [0.3, 0.4) is 0 Å². The second-order valence-electron chi connectivity index (χ2n) is 2.50. The van der Waals surface area contributed by atoms with Crippen LogP contribution in [0.15, 0.2) is 34.9 Å². The second-order valence-corrected chi connectivity index (χ2v) is 3.09. The van der Waals surface area contributed by atoms with Gasteiger partial charge in [-0.05, 0) is 37.5 Å². The van der Waals surface area contributed by atoms with E-state index in [1.54, 1.807) is 0 Å². The Morgan fingerprint density at radius 1 is 1.45 bits per heavy atom. The molecule has 0 N–H and O–H groups in total. The molecule has 0 aliphatic carbocycles. The fourth-order valence-electron chi connectivity index (χ4n) is 0.975. The van der Waals surface area contributed by atoms with Crippen LogP contribution in [0.2, 0.25) is 0 Å². The Kier molecular flexibility index (Phi) is 4.97. The molecule has 0 radical (unpaired) electrons. The summed E-state index contributed by atoms with van der Waals surface area (Å²) in [5, 5.41) is 0.815. The van der Waals surface area contributed by atoms with Crippen LogP contribution < -0.4 is 0 Å². The van der Waals surface area contributed by atoms with Gasteiger partial charge in [0.15, 0.2) is 0 Å². The first-order valence-electron chi connectivity index (χ1n) is 3.77. The molecule has 0 spiro atoms. The highest BCUT2D eigenvalue weighted by Gasteiger charge is 1.92. The van der Waals surface area contributed by atoms with Crippen molar-refractivity contribution in [3.63, 3.8) is 0 Å². The zero-order chi connectivity index (χ0) is 8.85. The number of hydrogen-bond acceptors (Lipinski definition) is 0. The third-order valence-corrected chi connectivity index (χ3v) is 1.66. The van der Waals surface area contributed by atoms with Gasteiger partial charge < -0.3 is 0 Å². The number of halogens is 1. The van der Waals surface area contributed by atoms with E-state index in [1.165, 1.54) is 11.1 Å². The van der Waals surface area contributed by atoms with Crippen molar-refractivity contribution in [1.82, 2.24) is 0 Å². The molecule has 0 rings (SSSR count). The largest absolute Gasteiger partial charge is 0.0988 e. The molecule has 0 aliphatic heterocycles. The fourth-order valence-corrected chi connectivity index (χ4v) is 1.14. The average molecular weight is 171 g/mol. The van der Waals surface area contributed by atoms with Gasteiger partial charge in [-0.25, -0.2) is 0 Å². The molecule has 1 heteroatoms. The molecule has 62 valence electrons. The van der Waals surface area contributed by atoms with Crippen LogP contribution in [0, 0.1) is 0 Å². The van der Waals surface area contributed by atoms with Crippen molar-refractivity contribution in [1.29, 1.82) is 0 Å². The topological polar surface area (TPSA) is 0 Å². The molecule has 0 saturated carbocycles. The van der Waals surface area contributed by atoms with E-state index in [-0.39, 0.29) is 0 Å². The maximum absolute atomic E-state index is 5.72. The molecule has 0 aromatic heterocycles. The molecule has 0 aromatic carbocycles. The van der Waals surface area contributed by atoms with E-state index in [0.29, 0.717) is 0 Å². The van der Waals surface area contributed by atoms with Gasteiger partial charge in [-0.2, -0.15) is 0 Å². The van der Waals surface area contributed by atoms with E-state index in [2.05, 4.69) is 13.5 Å². The normalized spacial score (nSPS) is 14.4. The Hall–Kier alpha value is -0.490. The number of hydrogen-bond donors (Lipinski definition) is 0. The molecule has 0 amide bonds. The third kappa shape index (κ3) is 4.05. The first-order chi connectivity index (χ1) is 5.11. The van der Waals surface area contributed by atoms with Gasteiger partial charge in [0.25, 0.3) is 0 Å². The Bertz CT molecular complexity index is 193. The van der Waals surface area contributed by atoms with Gasteiger partial charge in [0.05, 0.1) is 0 Å². The first-order valence-corrected chi connectivity index (χ1v) is 4.15. The van der Waals surface area contributed by atoms with Gasteiger partial charge in [0, 0.05) is 5.03 Å². The van der Waals surface area contributed by atoms with Crippen molar-refractivity contribution in [3.05, 3.63) is 34.9 Å². The zero-order valence-corrected chi connectivity index (χ0v) is 8.20. The van der Waals surface area contributed by atoms with Gasteiger partial charge in [-0.3, -0.25) is 0 Å². The maximum Gasteiger partial charge on any atom is 0.0152 e. The van der Waals surface area contributed by atoms with Crippen molar-refractivity contribution in [2.75, 3.05) is 0 Å². The van der Waals surface area contributed by atoms with Crippen LogP contribution >= 0.6 is 11.6 Å². The van der Waals surface area contributed by atoms with Gasteiger partial charge >= 0.3 is 0 Å². The summed E-state index contributed by atoms with van der Waals surface area (Å²) in [4.78, 5) is 0. The maximum atomic E-state index is 5.72. The minimum Gasteiger partial charge on any atom is -0.0988 e. The van der Waals surface area contributed by atoms with E-state index in [9.17, 15) is 0 Å². The summed E-state index contributed by atoms with van der Waals surface area (Å²) in [5.41, 5.74) is 2.46. The molecule has 11 heavy (non-hydrogen) atoms. The molecule has 0 aromatic rings. The van der Waals surface area contributed by atoms with Crippen molar-refractivity contribution in [3.8, 4) is 0 Å². The summed E-state index contributed by atoms with van der Waals surface area (Å²) < 4.78 is 0. The van der Waals surface area contributed by atoms with Crippen LogP contribution in [0.4, 0.5) is 0 Å². The summed E-state index contributed by atoms with van der Waals surface area (Å²) in [6.45, 7) is 9.76. The number of rotatable bonds is 3. The van der Waals surface area contributed by atoms with Gasteiger partial charge in [0.1, 0.15) is 0 Å². The summed E-state index contributed by atoms with van der Waals surface area (Å²) in [7, 11) is 0. The first kappa shape index (κ1) is 10.5. The molecule has 0 unspecified atom stereocenters. The highest BCUT2D eigenvalue weighted by molar-refractivity contribution is 6.29. The predicted octanol–water partition coefficient (Wildman–Crippen LogP) is 4.04. The highest BCUT2D eigenvalue weighted by Crippen LogP contribution is 2.13. The van der Waals surface area contributed by atoms with Gasteiger partial charge in [-0.1, -0.05) is 31.2 Å². The van der Waals surface area contributed by atoms with Crippen LogP contribution in [0.25, 0.3) is 0 Å². The SMILES string of the molecule is C=C/C(CC)=C(C)\C=C(/C)Cl. The zero-order valence-electron chi connectivity index (χ0n) is 7.45.